The Morgan fingerprint density at radius 3 is 2.45 bits per heavy atom. The molecule has 0 fully saturated rings. The van der Waals surface area contributed by atoms with Gasteiger partial charge in [0.1, 0.15) is 5.75 Å². The SMILES string of the molecule is CC(C)n1cnc2ccc(Oc3c(Cl)cc(N)cc3Cl)cc21. The van der Waals surface area contributed by atoms with Gasteiger partial charge < -0.3 is 15.0 Å². The maximum absolute atomic E-state index is 6.16. The minimum atomic E-state index is 0.309. The van der Waals surface area contributed by atoms with Crippen LogP contribution in [0.2, 0.25) is 10.0 Å². The molecule has 2 aromatic carbocycles. The van der Waals surface area contributed by atoms with Gasteiger partial charge in [0.15, 0.2) is 5.75 Å². The molecule has 0 aliphatic heterocycles. The van der Waals surface area contributed by atoms with Crippen molar-refractivity contribution in [3.8, 4) is 11.5 Å². The Bertz CT molecular complexity index is 820. The lowest BCUT2D eigenvalue weighted by Crippen LogP contribution is -1.98. The van der Waals surface area contributed by atoms with E-state index in [9.17, 15) is 0 Å². The molecular weight excluding hydrogens is 321 g/mol. The minimum absolute atomic E-state index is 0.309. The summed E-state index contributed by atoms with van der Waals surface area (Å²) in [6.07, 6.45) is 1.82. The lowest BCUT2D eigenvalue weighted by molar-refractivity contribution is 0.483. The second-order valence-electron chi connectivity index (χ2n) is 5.31. The highest BCUT2D eigenvalue weighted by atomic mass is 35.5. The van der Waals surface area contributed by atoms with Crippen LogP contribution < -0.4 is 10.5 Å². The highest BCUT2D eigenvalue weighted by Crippen LogP contribution is 2.38. The average Bonchev–Trinajstić information content (AvgIpc) is 2.86. The maximum atomic E-state index is 6.16. The summed E-state index contributed by atoms with van der Waals surface area (Å²) < 4.78 is 7.92. The van der Waals surface area contributed by atoms with Gasteiger partial charge in [-0.2, -0.15) is 0 Å². The first-order valence-electron chi connectivity index (χ1n) is 6.84. The number of aromatic nitrogens is 2. The molecule has 0 atom stereocenters. The summed E-state index contributed by atoms with van der Waals surface area (Å²) in [6.45, 7) is 4.20. The fourth-order valence-electron chi connectivity index (χ4n) is 2.28. The molecule has 3 rings (SSSR count). The number of ether oxygens (including phenoxy) is 1. The fraction of sp³-hybridized carbons (Fsp3) is 0.188. The van der Waals surface area contributed by atoms with Crippen molar-refractivity contribution in [2.75, 3.05) is 5.73 Å². The van der Waals surface area contributed by atoms with Crippen LogP contribution in [0.25, 0.3) is 11.0 Å². The molecule has 6 heteroatoms. The first kappa shape index (κ1) is 15.0. The highest BCUT2D eigenvalue weighted by Gasteiger charge is 2.12. The molecule has 1 heterocycles. The van der Waals surface area contributed by atoms with Crippen molar-refractivity contribution in [2.45, 2.75) is 19.9 Å². The Balaban J connectivity index is 2.03. The monoisotopic (exact) mass is 335 g/mol. The van der Waals surface area contributed by atoms with Crippen molar-refractivity contribution >= 4 is 39.9 Å². The van der Waals surface area contributed by atoms with Crippen LogP contribution in [0, 0.1) is 0 Å². The van der Waals surface area contributed by atoms with Crippen molar-refractivity contribution in [1.29, 1.82) is 0 Å². The van der Waals surface area contributed by atoms with Crippen LogP contribution in [0.4, 0.5) is 5.69 Å². The molecule has 22 heavy (non-hydrogen) atoms. The molecule has 4 nitrogen and oxygen atoms in total. The summed E-state index contributed by atoms with van der Waals surface area (Å²) in [5, 5.41) is 0.755. The summed E-state index contributed by atoms with van der Waals surface area (Å²) in [6, 6.07) is 9.19. The predicted molar refractivity (Wildman–Crippen MR) is 91.1 cm³/mol. The average molecular weight is 336 g/mol. The van der Waals surface area contributed by atoms with Crippen molar-refractivity contribution < 1.29 is 4.74 Å². The Kier molecular flexibility index (Phi) is 3.89. The molecule has 0 radical (unpaired) electrons. The predicted octanol–water partition coefficient (Wildman–Crippen LogP) is 5.30. The first-order valence-corrected chi connectivity index (χ1v) is 7.60. The van der Waals surface area contributed by atoms with E-state index in [2.05, 4.69) is 23.4 Å². The quantitative estimate of drug-likeness (QED) is 0.661. The number of nitrogen functional groups attached to an aromatic ring is 1. The Labute approximate surface area is 138 Å². The Hall–Kier alpha value is -1.91. The first-order chi connectivity index (χ1) is 10.5. The number of nitrogens with zero attached hydrogens (tertiary/aromatic N) is 2. The Morgan fingerprint density at radius 2 is 1.82 bits per heavy atom. The van der Waals surface area contributed by atoms with Crippen molar-refractivity contribution in [3.63, 3.8) is 0 Å². The topological polar surface area (TPSA) is 53.1 Å². The van der Waals surface area contributed by atoms with Crippen LogP contribution in [-0.2, 0) is 0 Å². The number of hydrogen-bond acceptors (Lipinski definition) is 3. The van der Waals surface area contributed by atoms with Crippen molar-refractivity contribution in [3.05, 3.63) is 46.7 Å². The van der Waals surface area contributed by atoms with Gasteiger partial charge in [0, 0.05) is 17.8 Å². The normalized spacial score (nSPS) is 11.3. The molecule has 0 bridgehead atoms. The summed E-state index contributed by atoms with van der Waals surface area (Å²) in [4.78, 5) is 4.37. The van der Waals surface area contributed by atoms with E-state index in [0.717, 1.165) is 11.0 Å². The number of nitrogens with two attached hydrogens (primary N) is 1. The molecule has 0 saturated carbocycles. The zero-order chi connectivity index (χ0) is 15.9. The van der Waals surface area contributed by atoms with Gasteiger partial charge in [0.05, 0.1) is 27.4 Å². The van der Waals surface area contributed by atoms with Gasteiger partial charge in [-0.25, -0.2) is 4.98 Å². The molecule has 114 valence electrons. The highest BCUT2D eigenvalue weighted by molar-refractivity contribution is 6.37. The number of imidazole rings is 1. The third-order valence-corrected chi connectivity index (χ3v) is 3.90. The van der Waals surface area contributed by atoms with Gasteiger partial charge in [0.2, 0.25) is 0 Å². The molecule has 0 saturated heterocycles. The summed E-state index contributed by atoms with van der Waals surface area (Å²) in [5.41, 5.74) is 8.10. The van der Waals surface area contributed by atoms with E-state index >= 15 is 0 Å². The summed E-state index contributed by atoms with van der Waals surface area (Å²) in [5.74, 6) is 1.04. The van der Waals surface area contributed by atoms with Crippen LogP contribution in [0.1, 0.15) is 19.9 Å². The number of rotatable bonds is 3. The van der Waals surface area contributed by atoms with Gasteiger partial charge in [0.25, 0.3) is 0 Å². The van der Waals surface area contributed by atoms with Crippen LogP contribution in [0.15, 0.2) is 36.7 Å². The summed E-state index contributed by atoms with van der Waals surface area (Å²) in [7, 11) is 0. The van der Waals surface area contributed by atoms with Gasteiger partial charge in [-0.15, -0.1) is 0 Å². The fourth-order valence-corrected chi connectivity index (χ4v) is 2.86. The molecule has 0 spiro atoms. The third-order valence-electron chi connectivity index (χ3n) is 3.34. The van der Waals surface area contributed by atoms with Crippen LogP contribution in [0.3, 0.4) is 0 Å². The molecule has 0 amide bonds. The van der Waals surface area contributed by atoms with Crippen LogP contribution in [-0.4, -0.2) is 9.55 Å². The van der Waals surface area contributed by atoms with Gasteiger partial charge in [-0.05, 0) is 38.1 Å². The van der Waals surface area contributed by atoms with Crippen molar-refractivity contribution in [1.82, 2.24) is 9.55 Å². The number of benzene rings is 2. The lowest BCUT2D eigenvalue weighted by Gasteiger charge is -2.12. The Morgan fingerprint density at radius 1 is 1.14 bits per heavy atom. The van der Waals surface area contributed by atoms with Gasteiger partial charge >= 0.3 is 0 Å². The van der Waals surface area contributed by atoms with E-state index in [4.69, 9.17) is 33.7 Å². The van der Waals surface area contributed by atoms with E-state index in [-0.39, 0.29) is 0 Å². The molecule has 0 aliphatic rings. The zero-order valence-corrected chi connectivity index (χ0v) is 13.7. The zero-order valence-electron chi connectivity index (χ0n) is 12.2. The van der Waals surface area contributed by atoms with E-state index in [1.54, 1.807) is 12.1 Å². The molecule has 0 unspecified atom stereocenters. The molecular formula is C16H15Cl2N3O. The summed E-state index contributed by atoms with van der Waals surface area (Å²) >= 11 is 12.3. The van der Waals surface area contributed by atoms with E-state index in [1.165, 1.54) is 0 Å². The second-order valence-corrected chi connectivity index (χ2v) is 6.13. The second kappa shape index (κ2) is 5.71. The molecule has 2 N–H and O–H groups in total. The van der Waals surface area contributed by atoms with Crippen LogP contribution >= 0.6 is 23.2 Å². The largest absolute Gasteiger partial charge is 0.454 e. The smallest absolute Gasteiger partial charge is 0.164 e. The number of halogens is 2. The van der Waals surface area contributed by atoms with E-state index < -0.39 is 0 Å². The maximum Gasteiger partial charge on any atom is 0.164 e. The van der Waals surface area contributed by atoms with E-state index in [1.807, 2.05) is 24.5 Å². The van der Waals surface area contributed by atoms with Gasteiger partial charge in [-0.3, -0.25) is 0 Å². The molecule has 1 aromatic heterocycles. The van der Waals surface area contributed by atoms with E-state index in [0.29, 0.717) is 33.3 Å². The number of anilines is 1. The van der Waals surface area contributed by atoms with Crippen molar-refractivity contribution in [2.24, 2.45) is 0 Å². The third kappa shape index (κ3) is 2.72. The standard InChI is InChI=1S/C16H15Cl2N3O/c1-9(2)21-8-20-14-4-3-11(7-15(14)21)22-16-12(17)5-10(19)6-13(16)18/h3-9H,19H2,1-2H3. The lowest BCUT2D eigenvalue weighted by atomic mass is 10.2. The number of fused-ring (bicyclic) bond motifs is 1. The molecule has 0 aliphatic carbocycles. The van der Waals surface area contributed by atoms with Crippen LogP contribution in [0.5, 0.6) is 11.5 Å². The minimum Gasteiger partial charge on any atom is -0.454 e. The molecule has 3 aromatic rings. The van der Waals surface area contributed by atoms with Gasteiger partial charge in [-0.1, -0.05) is 23.2 Å². The number of hydrogen-bond donors (Lipinski definition) is 1.